The first-order valence-corrected chi connectivity index (χ1v) is 11.4. The molecular formula is C24H41NO5. The number of amides is 1. The molecule has 0 radical (unpaired) electrons. The summed E-state index contributed by atoms with van der Waals surface area (Å²) in [7, 11) is 0. The Morgan fingerprint density at radius 2 is 1.57 bits per heavy atom. The summed E-state index contributed by atoms with van der Waals surface area (Å²) in [5.41, 5.74) is 0. The van der Waals surface area contributed by atoms with E-state index in [1.807, 2.05) is 26.0 Å². The molecule has 1 amide bonds. The van der Waals surface area contributed by atoms with E-state index < -0.39 is 18.1 Å². The smallest absolute Gasteiger partial charge is 0.326 e. The Bertz CT molecular complexity index is 556. The van der Waals surface area contributed by atoms with Crippen molar-refractivity contribution in [1.29, 1.82) is 0 Å². The van der Waals surface area contributed by atoms with Gasteiger partial charge in [0.1, 0.15) is 12.1 Å². The van der Waals surface area contributed by atoms with Crippen molar-refractivity contribution in [3.63, 3.8) is 0 Å². The molecule has 0 aliphatic carbocycles. The second-order valence-corrected chi connectivity index (χ2v) is 7.85. The van der Waals surface area contributed by atoms with Crippen molar-refractivity contribution >= 4 is 17.7 Å². The average molecular weight is 424 g/mol. The highest BCUT2D eigenvalue weighted by Crippen LogP contribution is 2.12. The summed E-state index contributed by atoms with van der Waals surface area (Å²) in [4.78, 5) is 35.0. The van der Waals surface area contributed by atoms with Crippen molar-refractivity contribution in [2.24, 2.45) is 5.92 Å². The van der Waals surface area contributed by atoms with Gasteiger partial charge in [0.15, 0.2) is 5.78 Å². The fourth-order valence-electron chi connectivity index (χ4n) is 3.02. The summed E-state index contributed by atoms with van der Waals surface area (Å²) in [6, 6.07) is -0.829. The summed E-state index contributed by atoms with van der Waals surface area (Å²) in [5.74, 6) is -1.46. The number of aliphatic carboxylic acids is 1. The summed E-state index contributed by atoms with van der Waals surface area (Å²) < 4.78 is 0. The van der Waals surface area contributed by atoms with E-state index in [2.05, 4.69) is 24.4 Å². The fraction of sp³-hybridized carbons (Fsp3) is 0.708. The number of aliphatic hydroxyl groups is 1. The zero-order valence-electron chi connectivity index (χ0n) is 18.9. The first-order chi connectivity index (χ1) is 14.3. The Hall–Kier alpha value is -1.95. The van der Waals surface area contributed by atoms with Gasteiger partial charge < -0.3 is 15.5 Å². The molecule has 172 valence electrons. The number of hydrogen-bond donors (Lipinski definition) is 3. The second kappa shape index (κ2) is 17.9. The average Bonchev–Trinajstić information content (AvgIpc) is 2.72. The van der Waals surface area contributed by atoms with Crippen molar-refractivity contribution in [3.05, 3.63) is 24.3 Å². The molecule has 0 rings (SSSR count). The van der Waals surface area contributed by atoms with Crippen LogP contribution < -0.4 is 5.32 Å². The Kier molecular flexibility index (Phi) is 16.7. The standard InChI is InChI=1S/C24H41NO5/c1-4-6-7-8-10-13-16-20(26)21(27)17-14-11-9-12-15-18-22(28)25-23(24(29)30)19(3)5-2/h6-7,10,13,19,21,23,27H,4-5,8-9,11-12,14-18H2,1-3H3,(H,25,28)(H,29,30)/b7-6-,13-10-. The highest BCUT2D eigenvalue weighted by atomic mass is 16.4. The molecule has 3 atom stereocenters. The molecule has 0 saturated carbocycles. The zero-order valence-corrected chi connectivity index (χ0v) is 18.9. The van der Waals surface area contributed by atoms with Gasteiger partial charge in [-0.2, -0.15) is 0 Å². The number of carbonyl (C=O) groups excluding carboxylic acids is 2. The number of aliphatic hydroxyl groups excluding tert-OH is 1. The molecule has 0 fully saturated rings. The van der Waals surface area contributed by atoms with Crippen molar-refractivity contribution in [3.8, 4) is 0 Å². The van der Waals surface area contributed by atoms with Crippen LogP contribution in [0.25, 0.3) is 0 Å². The maximum absolute atomic E-state index is 11.9. The normalized spacial score (nSPS) is 14.7. The van der Waals surface area contributed by atoms with Gasteiger partial charge in [-0.15, -0.1) is 0 Å². The van der Waals surface area contributed by atoms with E-state index in [0.29, 0.717) is 25.7 Å². The zero-order chi connectivity index (χ0) is 22.8. The predicted molar refractivity (Wildman–Crippen MR) is 120 cm³/mol. The predicted octanol–water partition coefficient (Wildman–Crippen LogP) is 4.57. The molecule has 0 aliphatic heterocycles. The van der Waals surface area contributed by atoms with E-state index >= 15 is 0 Å². The van der Waals surface area contributed by atoms with Gasteiger partial charge in [0.2, 0.25) is 5.91 Å². The number of allylic oxidation sites excluding steroid dienone is 4. The molecule has 3 unspecified atom stereocenters. The summed E-state index contributed by atoms with van der Waals surface area (Å²) in [6.07, 6.45) is 14.7. The van der Waals surface area contributed by atoms with Crippen LogP contribution in [0.2, 0.25) is 0 Å². The molecule has 0 aromatic rings. The van der Waals surface area contributed by atoms with Gasteiger partial charge in [-0.1, -0.05) is 77.2 Å². The van der Waals surface area contributed by atoms with E-state index in [1.165, 1.54) is 0 Å². The van der Waals surface area contributed by atoms with Crippen LogP contribution in [0, 0.1) is 5.92 Å². The number of carboxylic acid groups (broad SMARTS) is 1. The second-order valence-electron chi connectivity index (χ2n) is 7.85. The third-order valence-electron chi connectivity index (χ3n) is 5.21. The van der Waals surface area contributed by atoms with Gasteiger partial charge >= 0.3 is 5.97 Å². The van der Waals surface area contributed by atoms with Gasteiger partial charge in [-0.3, -0.25) is 9.59 Å². The molecule has 0 bridgehead atoms. The van der Waals surface area contributed by atoms with Gasteiger partial charge in [-0.25, -0.2) is 4.79 Å². The molecular weight excluding hydrogens is 382 g/mol. The molecule has 3 N–H and O–H groups in total. The van der Waals surface area contributed by atoms with Crippen LogP contribution in [0.4, 0.5) is 0 Å². The lowest BCUT2D eigenvalue weighted by atomic mass is 9.99. The molecule has 0 aliphatic rings. The lowest BCUT2D eigenvalue weighted by molar-refractivity contribution is -0.143. The highest BCUT2D eigenvalue weighted by molar-refractivity contribution is 5.84. The Labute approximate surface area is 181 Å². The minimum Gasteiger partial charge on any atom is -0.480 e. The SMILES string of the molecule is CC/C=C\C/C=C\CC(=O)C(O)CCCCCCCC(=O)NC(C(=O)O)C(C)CC. The van der Waals surface area contributed by atoms with E-state index in [1.54, 1.807) is 0 Å². The topological polar surface area (TPSA) is 104 Å². The molecule has 6 heteroatoms. The van der Waals surface area contributed by atoms with Crippen LogP contribution in [0.1, 0.15) is 91.4 Å². The minimum atomic E-state index is -0.991. The van der Waals surface area contributed by atoms with Crippen molar-refractivity contribution in [2.45, 2.75) is 104 Å². The van der Waals surface area contributed by atoms with Gasteiger partial charge in [0, 0.05) is 12.8 Å². The molecule has 0 spiro atoms. The van der Waals surface area contributed by atoms with Crippen molar-refractivity contribution < 1.29 is 24.6 Å². The van der Waals surface area contributed by atoms with Gasteiger partial charge in [0.25, 0.3) is 0 Å². The Balaban J connectivity index is 3.83. The van der Waals surface area contributed by atoms with Gasteiger partial charge in [0.05, 0.1) is 0 Å². The number of Topliss-reactive ketones (excluding diaryl/α,β-unsaturated/α-hetero) is 1. The van der Waals surface area contributed by atoms with E-state index in [0.717, 1.165) is 38.5 Å². The molecule has 0 aromatic carbocycles. The minimum absolute atomic E-state index is 0.103. The molecule has 0 saturated heterocycles. The molecule has 0 aromatic heterocycles. The monoisotopic (exact) mass is 423 g/mol. The Morgan fingerprint density at radius 3 is 2.20 bits per heavy atom. The van der Waals surface area contributed by atoms with E-state index in [9.17, 15) is 24.6 Å². The van der Waals surface area contributed by atoms with Crippen molar-refractivity contribution in [2.75, 3.05) is 0 Å². The van der Waals surface area contributed by atoms with Crippen LogP contribution in [0.5, 0.6) is 0 Å². The number of rotatable bonds is 18. The van der Waals surface area contributed by atoms with E-state index in [4.69, 9.17) is 0 Å². The lowest BCUT2D eigenvalue weighted by Gasteiger charge is -2.20. The first-order valence-electron chi connectivity index (χ1n) is 11.4. The van der Waals surface area contributed by atoms with Crippen LogP contribution in [-0.2, 0) is 14.4 Å². The summed E-state index contributed by atoms with van der Waals surface area (Å²) in [5, 5.41) is 21.7. The van der Waals surface area contributed by atoms with E-state index in [-0.39, 0.29) is 24.0 Å². The third kappa shape index (κ3) is 14.1. The first kappa shape index (κ1) is 28.1. The Morgan fingerprint density at radius 1 is 0.933 bits per heavy atom. The maximum Gasteiger partial charge on any atom is 0.326 e. The summed E-state index contributed by atoms with van der Waals surface area (Å²) in [6.45, 7) is 5.79. The lowest BCUT2D eigenvalue weighted by Crippen LogP contribution is -2.44. The molecule has 6 nitrogen and oxygen atoms in total. The number of ketones is 1. The van der Waals surface area contributed by atoms with Crippen LogP contribution >= 0.6 is 0 Å². The number of carboxylic acids is 1. The van der Waals surface area contributed by atoms with Crippen molar-refractivity contribution in [1.82, 2.24) is 5.32 Å². The van der Waals surface area contributed by atoms with Crippen LogP contribution in [0.3, 0.4) is 0 Å². The highest BCUT2D eigenvalue weighted by Gasteiger charge is 2.24. The number of unbranched alkanes of at least 4 members (excludes halogenated alkanes) is 4. The molecule has 30 heavy (non-hydrogen) atoms. The summed E-state index contributed by atoms with van der Waals surface area (Å²) >= 11 is 0. The fourth-order valence-corrected chi connectivity index (χ4v) is 3.02. The van der Waals surface area contributed by atoms with Gasteiger partial charge in [-0.05, 0) is 31.6 Å². The maximum atomic E-state index is 11.9. The number of hydrogen-bond acceptors (Lipinski definition) is 4. The van der Waals surface area contributed by atoms with Crippen LogP contribution in [0.15, 0.2) is 24.3 Å². The third-order valence-corrected chi connectivity index (χ3v) is 5.21. The van der Waals surface area contributed by atoms with Crippen LogP contribution in [-0.4, -0.2) is 40.0 Å². The number of nitrogens with one attached hydrogen (secondary N) is 1. The largest absolute Gasteiger partial charge is 0.480 e. The number of carbonyl (C=O) groups is 3. The molecule has 0 heterocycles. The quantitative estimate of drug-likeness (QED) is 0.221.